The summed E-state index contributed by atoms with van der Waals surface area (Å²) in [5.41, 5.74) is 1.98. The first-order valence-corrected chi connectivity index (χ1v) is 6.91. The molecule has 3 rings (SSSR count). The van der Waals surface area contributed by atoms with Crippen LogP contribution >= 0.6 is 22.6 Å². The number of hydrogen-bond donors (Lipinski definition) is 0. The van der Waals surface area contributed by atoms with Gasteiger partial charge in [0.15, 0.2) is 5.79 Å². The summed E-state index contributed by atoms with van der Waals surface area (Å²) in [5, 5.41) is 4.38. The number of rotatable bonds is 2. The number of nitrogens with zero attached hydrogens (tertiary/aromatic N) is 3. The molecule has 0 N–H and O–H groups in total. The van der Waals surface area contributed by atoms with E-state index in [4.69, 9.17) is 9.47 Å². The average Bonchev–Trinajstić information content (AvgIpc) is 2.85. The molecule has 0 saturated carbocycles. The molecule has 0 radical (unpaired) electrons. The van der Waals surface area contributed by atoms with Crippen molar-refractivity contribution in [3.8, 4) is 0 Å². The lowest BCUT2D eigenvalue weighted by atomic mass is 10.3. The van der Waals surface area contributed by atoms with Crippen LogP contribution in [-0.4, -0.2) is 33.3 Å². The van der Waals surface area contributed by atoms with Gasteiger partial charge in [0.2, 0.25) is 0 Å². The molecule has 1 aliphatic rings. The van der Waals surface area contributed by atoms with Crippen LogP contribution in [0, 0.1) is 3.57 Å². The van der Waals surface area contributed by atoms with Gasteiger partial charge in [-0.1, -0.05) is 0 Å². The normalized spacial score (nSPS) is 22.7. The van der Waals surface area contributed by atoms with Crippen molar-refractivity contribution in [3.63, 3.8) is 0 Å². The Morgan fingerprint density at radius 1 is 1.56 bits per heavy atom. The Labute approximate surface area is 119 Å². The monoisotopic (exact) mass is 359 g/mol. The second-order valence-corrected chi connectivity index (χ2v) is 5.97. The summed E-state index contributed by atoms with van der Waals surface area (Å²) >= 11 is 2.30. The predicted octanol–water partition coefficient (Wildman–Crippen LogP) is 2.19. The molecule has 0 spiro atoms. The standard InChI is InChI=1S/C12H14IN3O2/c1-12(2)17-7-8(18-12)6-16-11-9(13)3-4-14-10(11)5-15-16/h3-5,8H,6-7H2,1-2H3/t8-/m0/s1. The first-order chi connectivity index (χ1) is 8.55. The fraction of sp³-hybridized carbons (Fsp3) is 0.500. The molecule has 0 aromatic carbocycles. The molecule has 3 heterocycles. The molecule has 2 aromatic rings. The van der Waals surface area contributed by atoms with Gasteiger partial charge in [0, 0.05) is 9.77 Å². The van der Waals surface area contributed by atoms with E-state index < -0.39 is 5.79 Å². The lowest BCUT2D eigenvalue weighted by molar-refractivity contribution is -0.139. The van der Waals surface area contributed by atoms with Crippen LogP contribution in [0.25, 0.3) is 11.0 Å². The lowest BCUT2D eigenvalue weighted by Crippen LogP contribution is -2.24. The summed E-state index contributed by atoms with van der Waals surface area (Å²) in [5.74, 6) is -0.487. The SMILES string of the molecule is CC1(C)OC[C@H](Cn2ncc3nccc(I)c32)O1. The molecule has 0 aliphatic carbocycles. The van der Waals surface area contributed by atoms with E-state index in [1.807, 2.05) is 24.6 Å². The first kappa shape index (κ1) is 12.3. The van der Waals surface area contributed by atoms with Crippen molar-refractivity contribution in [1.29, 1.82) is 0 Å². The number of fused-ring (bicyclic) bond motifs is 1. The van der Waals surface area contributed by atoms with Gasteiger partial charge < -0.3 is 9.47 Å². The van der Waals surface area contributed by atoms with Crippen molar-refractivity contribution in [2.45, 2.75) is 32.3 Å². The summed E-state index contributed by atoms with van der Waals surface area (Å²) in [6.07, 6.45) is 3.63. The second kappa shape index (κ2) is 4.43. The van der Waals surface area contributed by atoms with Crippen molar-refractivity contribution in [2.24, 2.45) is 0 Å². The number of ether oxygens (including phenoxy) is 2. The van der Waals surface area contributed by atoms with E-state index in [0.717, 1.165) is 14.6 Å². The topological polar surface area (TPSA) is 49.2 Å². The molecule has 0 unspecified atom stereocenters. The second-order valence-electron chi connectivity index (χ2n) is 4.80. The smallest absolute Gasteiger partial charge is 0.163 e. The first-order valence-electron chi connectivity index (χ1n) is 5.83. The van der Waals surface area contributed by atoms with E-state index in [-0.39, 0.29) is 6.10 Å². The Morgan fingerprint density at radius 2 is 2.39 bits per heavy atom. The van der Waals surface area contributed by atoms with Crippen LogP contribution in [0.4, 0.5) is 0 Å². The van der Waals surface area contributed by atoms with Crippen LogP contribution in [0.5, 0.6) is 0 Å². The van der Waals surface area contributed by atoms with Crippen molar-refractivity contribution in [2.75, 3.05) is 6.61 Å². The molecule has 96 valence electrons. The third-order valence-electron chi connectivity index (χ3n) is 2.92. The fourth-order valence-corrected chi connectivity index (χ4v) is 2.88. The van der Waals surface area contributed by atoms with Gasteiger partial charge in [0.05, 0.1) is 19.3 Å². The average molecular weight is 359 g/mol. The molecule has 1 aliphatic heterocycles. The maximum absolute atomic E-state index is 5.80. The van der Waals surface area contributed by atoms with Gasteiger partial charge in [-0.25, -0.2) is 0 Å². The molecule has 1 saturated heterocycles. The summed E-state index contributed by atoms with van der Waals surface area (Å²) in [7, 11) is 0. The number of pyridine rings is 1. The minimum absolute atomic E-state index is 0.0408. The number of aromatic nitrogens is 3. The van der Waals surface area contributed by atoms with Gasteiger partial charge in [0.1, 0.15) is 17.1 Å². The maximum atomic E-state index is 5.80. The molecule has 0 bridgehead atoms. The fourth-order valence-electron chi connectivity index (χ4n) is 2.16. The molecule has 18 heavy (non-hydrogen) atoms. The molecule has 0 amide bonds. The van der Waals surface area contributed by atoms with Crippen molar-refractivity contribution >= 4 is 33.6 Å². The maximum Gasteiger partial charge on any atom is 0.163 e. The van der Waals surface area contributed by atoms with Gasteiger partial charge in [-0.15, -0.1) is 0 Å². The highest BCUT2D eigenvalue weighted by Gasteiger charge is 2.33. The highest BCUT2D eigenvalue weighted by atomic mass is 127. The van der Waals surface area contributed by atoms with Gasteiger partial charge in [-0.05, 0) is 42.5 Å². The van der Waals surface area contributed by atoms with Crippen molar-refractivity contribution in [3.05, 3.63) is 22.0 Å². The molecular weight excluding hydrogens is 345 g/mol. The van der Waals surface area contributed by atoms with Gasteiger partial charge in [-0.3, -0.25) is 9.67 Å². The zero-order chi connectivity index (χ0) is 12.8. The van der Waals surface area contributed by atoms with Gasteiger partial charge >= 0.3 is 0 Å². The van der Waals surface area contributed by atoms with E-state index in [2.05, 4.69) is 32.7 Å². The van der Waals surface area contributed by atoms with Crippen LogP contribution in [0.15, 0.2) is 18.5 Å². The third kappa shape index (κ3) is 2.24. The minimum atomic E-state index is -0.487. The van der Waals surface area contributed by atoms with E-state index in [0.29, 0.717) is 13.2 Å². The summed E-state index contributed by atoms with van der Waals surface area (Å²) in [6.45, 7) is 5.15. The largest absolute Gasteiger partial charge is 0.348 e. The molecule has 6 heteroatoms. The van der Waals surface area contributed by atoms with Crippen molar-refractivity contribution in [1.82, 2.24) is 14.8 Å². The predicted molar refractivity (Wildman–Crippen MR) is 75.1 cm³/mol. The highest BCUT2D eigenvalue weighted by Crippen LogP contribution is 2.25. The number of hydrogen-bond acceptors (Lipinski definition) is 4. The van der Waals surface area contributed by atoms with Gasteiger partial charge in [-0.2, -0.15) is 5.10 Å². The highest BCUT2D eigenvalue weighted by molar-refractivity contribution is 14.1. The van der Waals surface area contributed by atoms with E-state index in [9.17, 15) is 0 Å². The molecule has 5 nitrogen and oxygen atoms in total. The Kier molecular flexibility index (Phi) is 3.03. The van der Waals surface area contributed by atoms with E-state index in [1.165, 1.54) is 0 Å². The van der Waals surface area contributed by atoms with Crippen LogP contribution in [0.2, 0.25) is 0 Å². The lowest BCUT2D eigenvalue weighted by Gasteiger charge is -2.17. The summed E-state index contributed by atoms with van der Waals surface area (Å²) < 4.78 is 14.5. The molecular formula is C12H14IN3O2. The van der Waals surface area contributed by atoms with Crippen LogP contribution < -0.4 is 0 Å². The van der Waals surface area contributed by atoms with Crippen LogP contribution in [0.3, 0.4) is 0 Å². The van der Waals surface area contributed by atoms with Crippen LogP contribution in [-0.2, 0) is 16.0 Å². The molecule has 1 atom stereocenters. The third-order valence-corrected chi connectivity index (χ3v) is 3.80. The van der Waals surface area contributed by atoms with Crippen molar-refractivity contribution < 1.29 is 9.47 Å². The van der Waals surface area contributed by atoms with Gasteiger partial charge in [0.25, 0.3) is 0 Å². The van der Waals surface area contributed by atoms with E-state index in [1.54, 1.807) is 12.4 Å². The zero-order valence-electron chi connectivity index (χ0n) is 10.3. The Bertz CT molecular complexity index is 582. The quantitative estimate of drug-likeness (QED) is 0.772. The molecule has 1 fully saturated rings. The summed E-state index contributed by atoms with van der Waals surface area (Å²) in [6, 6.07) is 1.98. The number of halogens is 1. The Morgan fingerprint density at radius 3 is 3.11 bits per heavy atom. The Balaban J connectivity index is 1.88. The van der Waals surface area contributed by atoms with E-state index >= 15 is 0 Å². The Hall–Kier alpha value is -0.730. The van der Waals surface area contributed by atoms with Crippen LogP contribution in [0.1, 0.15) is 13.8 Å². The molecule has 2 aromatic heterocycles. The minimum Gasteiger partial charge on any atom is -0.348 e. The zero-order valence-corrected chi connectivity index (χ0v) is 12.4. The summed E-state index contributed by atoms with van der Waals surface area (Å²) in [4.78, 5) is 4.31.